The first-order valence-electron chi connectivity index (χ1n) is 8.40. The standard InChI is InChI=1S/C17H23ClN4O5S/c1-11-7-12(18)5-6-13(11)20-14(23)8-19-16(25)17(2)10-22(28(4,26)27)9-15(24)21(17)3/h5-7H,8-10H2,1-4H3,(H,19,25)(H,20,23). The molecule has 1 fully saturated rings. The number of hydrogen-bond donors (Lipinski definition) is 2. The lowest BCUT2D eigenvalue weighted by Gasteiger charge is -2.44. The van der Waals surface area contributed by atoms with E-state index in [0.717, 1.165) is 16.1 Å². The fourth-order valence-electron chi connectivity index (χ4n) is 2.81. The van der Waals surface area contributed by atoms with E-state index in [1.807, 2.05) is 0 Å². The third kappa shape index (κ3) is 4.81. The van der Waals surface area contributed by atoms with Gasteiger partial charge in [-0.3, -0.25) is 14.4 Å². The molecule has 3 amide bonds. The van der Waals surface area contributed by atoms with Crippen LogP contribution in [0.2, 0.25) is 5.02 Å². The summed E-state index contributed by atoms with van der Waals surface area (Å²) in [7, 11) is -2.22. The Morgan fingerprint density at radius 2 is 1.96 bits per heavy atom. The van der Waals surface area contributed by atoms with E-state index in [1.165, 1.54) is 18.9 Å². The number of piperazine rings is 1. The van der Waals surface area contributed by atoms with E-state index >= 15 is 0 Å². The Labute approximate surface area is 169 Å². The summed E-state index contributed by atoms with van der Waals surface area (Å²) < 4.78 is 24.6. The highest BCUT2D eigenvalue weighted by molar-refractivity contribution is 7.88. The Morgan fingerprint density at radius 3 is 2.54 bits per heavy atom. The first-order chi connectivity index (χ1) is 12.8. The molecule has 28 heavy (non-hydrogen) atoms. The highest BCUT2D eigenvalue weighted by atomic mass is 35.5. The van der Waals surface area contributed by atoms with Crippen molar-refractivity contribution in [1.29, 1.82) is 0 Å². The van der Waals surface area contributed by atoms with Crippen molar-refractivity contribution in [3.8, 4) is 0 Å². The molecule has 1 aromatic rings. The molecule has 1 heterocycles. The van der Waals surface area contributed by atoms with Crippen molar-refractivity contribution in [2.45, 2.75) is 19.4 Å². The molecular formula is C17H23ClN4O5S. The molecule has 0 aliphatic carbocycles. The van der Waals surface area contributed by atoms with Crippen LogP contribution >= 0.6 is 11.6 Å². The summed E-state index contributed by atoms with van der Waals surface area (Å²) in [6.07, 6.45) is 0.978. The van der Waals surface area contributed by atoms with Gasteiger partial charge in [0.15, 0.2) is 0 Å². The Kier molecular flexibility index (Phi) is 6.37. The summed E-state index contributed by atoms with van der Waals surface area (Å²) in [5.41, 5.74) is -0.113. The normalized spacial score (nSPS) is 20.8. The quantitative estimate of drug-likeness (QED) is 0.692. The number of aryl methyl sites for hydroxylation is 1. The molecular weight excluding hydrogens is 408 g/mol. The molecule has 1 atom stereocenters. The van der Waals surface area contributed by atoms with Gasteiger partial charge >= 0.3 is 0 Å². The van der Waals surface area contributed by atoms with Crippen LogP contribution in [-0.4, -0.2) is 73.8 Å². The van der Waals surface area contributed by atoms with Crippen molar-refractivity contribution in [1.82, 2.24) is 14.5 Å². The van der Waals surface area contributed by atoms with Gasteiger partial charge in [-0.25, -0.2) is 8.42 Å². The molecule has 1 aliphatic rings. The molecule has 1 unspecified atom stereocenters. The second-order valence-electron chi connectivity index (χ2n) is 6.95. The zero-order valence-electron chi connectivity index (χ0n) is 16.1. The average Bonchev–Trinajstić information content (AvgIpc) is 2.58. The molecule has 0 spiro atoms. The van der Waals surface area contributed by atoms with Gasteiger partial charge in [0, 0.05) is 24.3 Å². The van der Waals surface area contributed by atoms with Crippen LogP contribution in [0.3, 0.4) is 0 Å². The van der Waals surface area contributed by atoms with Gasteiger partial charge in [-0.1, -0.05) is 11.6 Å². The molecule has 2 N–H and O–H groups in total. The predicted octanol–water partition coefficient (Wildman–Crippen LogP) is 0.195. The number of amides is 3. The number of nitrogens with zero attached hydrogens (tertiary/aromatic N) is 2. The third-order valence-electron chi connectivity index (χ3n) is 4.74. The molecule has 2 rings (SSSR count). The topological polar surface area (TPSA) is 116 Å². The highest BCUT2D eigenvalue weighted by Crippen LogP contribution is 2.23. The van der Waals surface area contributed by atoms with Gasteiger partial charge < -0.3 is 15.5 Å². The molecule has 1 saturated heterocycles. The smallest absolute Gasteiger partial charge is 0.247 e. The first kappa shape index (κ1) is 22.1. The monoisotopic (exact) mass is 430 g/mol. The van der Waals surface area contributed by atoms with Crippen LogP contribution in [-0.2, 0) is 24.4 Å². The van der Waals surface area contributed by atoms with Gasteiger partial charge in [-0.15, -0.1) is 0 Å². The molecule has 0 radical (unpaired) electrons. The second kappa shape index (κ2) is 8.06. The lowest BCUT2D eigenvalue weighted by molar-refractivity contribution is -0.150. The van der Waals surface area contributed by atoms with Crippen molar-refractivity contribution < 1.29 is 22.8 Å². The largest absolute Gasteiger partial charge is 0.345 e. The predicted molar refractivity (Wildman–Crippen MR) is 105 cm³/mol. The minimum atomic E-state index is -3.65. The van der Waals surface area contributed by atoms with Crippen molar-refractivity contribution in [2.24, 2.45) is 0 Å². The van der Waals surface area contributed by atoms with Crippen LogP contribution in [0.1, 0.15) is 12.5 Å². The number of carbonyl (C=O) groups is 3. The van der Waals surface area contributed by atoms with Crippen LogP contribution < -0.4 is 10.6 Å². The van der Waals surface area contributed by atoms with Gasteiger partial charge in [0.2, 0.25) is 27.7 Å². The van der Waals surface area contributed by atoms with Gasteiger partial charge in [0.05, 0.1) is 19.3 Å². The number of anilines is 1. The van der Waals surface area contributed by atoms with E-state index in [0.29, 0.717) is 10.7 Å². The summed E-state index contributed by atoms with van der Waals surface area (Å²) >= 11 is 5.88. The van der Waals surface area contributed by atoms with Gasteiger partial charge in [0.25, 0.3) is 0 Å². The molecule has 0 aromatic heterocycles. The fourth-order valence-corrected chi connectivity index (χ4v) is 3.87. The molecule has 11 heteroatoms. The van der Waals surface area contributed by atoms with E-state index in [9.17, 15) is 22.8 Å². The maximum Gasteiger partial charge on any atom is 0.247 e. The molecule has 9 nitrogen and oxygen atoms in total. The molecule has 1 aromatic carbocycles. The van der Waals surface area contributed by atoms with E-state index in [2.05, 4.69) is 10.6 Å². The maximum absolute atomic E-state index is 12.7. The van der Waals surface area contributed by atoms with E-state index < -0.39 is 33.3 Å². The number of hydrogen-bond acceptors (Lipinski definition) is 5. The Balaban J connectivity index is 2.05. The zero-order valence-corrected chi connectivity index (χ0v) is 17.6. The number of carbonyl (C=O) groups excluding carboxylic acids is 3. The van der Waals surface area contributed by atoms with Crippen LogP contribution in [0.15, 0.2) is 18.2 Å². The van der Waals surface area contributed by atoms with Crippen molar-refractivity contribution in [2.75, 3.05) is 38.3 Å². The number of benzene rings is 1. The summed E-state index contributed by atoms with van der Waals surface area (Å²) in [6.45, 7) is 2.38. The minimum Gasteiger partial charge on any atom is -0.345 e. The molecule has 154 valence electrons. The van der Waals surface area contributed by atoms with Crippen LogP contribution in [0.5, 0.6) is 0 Å². The fraction of sp³-hybridized carbons (Fsp3) is 0.471. The average molecular weight is 431 g/mol. The second-order valence-corrected chi connectivity index (χ2v) is 9.37. The lowest BCUT2D eigenvalue weighted by Crippen LogP contribution is -2.68. The van der Waals surface area contributed by atoms with Gasteiger partial charge in [-0.2, -0.15) is 4.31 Å². The summed E-state index contributed by atoms with van der Waals surface area (Å²) in [5, 5.41) is 5.68. The summed E-state index contributed by atoms with van der Waals surface area (Å²) in [4.78, 5) is 38.2. The Hall–Kier alpha value is -2.17. The van der Waals surface area contributed by atoms with E-state index in [1.54, 1.807) is 25.1 Å². The van der Waals surface area contributed by atoms with Crippen molar-refractivity contribution in [3.05, 3.63) is 28.8 Å². The number of nitrogens with one attached hydrogen (secondary N) is 2. The van der Waals surface area contributed by atoms with Gasteiger partial charge in [-0.05, 0) is 37.6 Å². The van der Waals surface area contributed by atoms with Crippen molar-refractivity contribution >= 4 is 45.0 Å². The van der Waals surface area contributed by atoms with E-state index in [-0.39, 0.29) is 19.6 Å². The maximum atomic E-state index is 12.7. The lowest BCUT2D eigenvalue weighted by atomic mass is 9.96. The highest BCUT2D eigenvalue weighted by Gasteiger charge is 2.47. The molecule has 0 saturated carbocycles. The number of rotatable bonds is 5. The van der Waals surface area contributed by atoms with Crippen molar-refractivity contribution in [3.63, 3.8) is 0 Å². The number of likely N-dealkylation sites (N-methyl/N-ethyl adjacent to an activating group) is 1. The summed E-state index contributed by atoms with van der Waals surface area (Å²) in [6, 6.07) is 4.97. The minimum absolute atomic E-state index is 0.197. The van der Waals surface area contributed by atoms with Crippen LogP contribution in [0.4, 0.5) is 5.69 Å². The molecule has 0 bridgehead atoms. The summed E-state index contributed by atoms with van der Waals surface area (Å²) in [5.74, 6) is -1.60. The SMILES string of the molecule is Cc1cc(Cl)ccc1NC(=O)CNC(=O)C1(C)CN(S(C)(=O)=O)CC(=O)N1C. The third-order valence-corrected chi connectivity index (χ3v) is 6.17. The first-order valence-corrected chi connectivity index (χ1v) is 10.6. The van der Waals surface area contributed by atoms with Gasteiger partial charge in [0.1, 0.15) is 5.54 Å². The van der Waals surface area contributed by atoms with Crippen LogP contribution in [0.25, 0.3) is 0 Å². The number of halogens is 1. The van der Waals surface area contributed by atoms with Crippen LogP contribution in [0, 0.1) is 6.92 Å². The Bertz CT molecular complexity index is 920. The number of sulfonamides is 1. The van der Waals surface area contributed by atoms with E-state index in [4.69, 9.17) is 11.6 Å². The zero-order chi connectivity index (χ0) is 21.3. The Morgan fingerprint density at radius 1 is 1.32 bits per heavy atom. The molecule has 1 aliphatic heterocycles.